The Morgan fingerprint density at radius 2 is 2.09 bits per heavy atom. The first kappa shape index (κ1) is 15.5. The molecule has 1 amide bonds. The second-order valence-corrected chi connectivity index (χ2v) is 7.23. The number of nitrogens with zero attached hydrogens (tertiary/aromatic N) is 3. The van der Waals surface area contributed by atoms with Crippen LogP contribution in [0, 0.1) is 5.92 Å². The van der Waals surface area contributed by atoms with Gasteiger partial charge in [-0.2, -0.15) is 5.10 Å². The van der Waals surface area contributed by atoms with E-state index in [0.29, 0.717) is 17.7 Å². The Morgan fingerprint density at radius 3 is 2.77 bits per heavy atom. The van der Waals surface area contributed by atoms with Gasteiger partial charge in [-0.3, -0.25) is 14.4 Å². The number of amides is 1. The van der Waals surface area contributed by atoms with E-state index >= 15 is 0 Å². The molecule has 3 rings (SSSR count). The van der Waals surface area contributed by atoms with Crippen LogP contribution in [-0.4, -0.2) is 39.7 Å². The number of carbonyl (C=O) groups excluding carboxylic acids is 1. The van der Waals surface area contributed by atoms with Crippen molar-refractivity contribution in [2.75, 3.05) is 13.1 Å². The number of hydrogen-bond donors (Lipinski definition) is 1. The van der Waals surface area contributed by atoms with E-state index in [1.165, 1.54) is 18.5 Å². The Hall–Kier alpha value is -1.36. The van der Waals surface area contributed by atoms with E-state index in [2.05, 4.69) is 29.2 Å². The fraction of sp³-hybridized carbons (Fsp3) is 0.765. The molecule has 1 aliphatic carbocycles. The molecule has 0 bridgehead atoms. The molecular weight excluding hydrogens is 276 g/mol. The van der Waals surface area contributed by atoms with E-state index in [1.54, 1.807) is 0 Å². The van der Waals surface area contributed by atoms with Gasteiger partial charge in [0.15, 0.2) is 5.69 Å². The van der Waals surface area contributed by atoms with Crippen molar-refractivity contribution in [2.45, 2.75) is 58.5 Å². The summed E-state index contributed by atoms with van der Waals surface area (Å²) < 4.78 is 1.91. The Kier molecular flexibility index (Phi) is 4.52. The van der Waals surface area contributed by atoms with Crippen molar-refractivity contribution in [3.63, 3.8) is 0 Å². The second kappa shape index (κ2) is 6.41. The van der Waals surface area contributed by atoms with Crippen molar-refractivity contribution < 1.29 is 4.79 Å². The quantitative estimate of drug-likeness (QED) is 0.927. The molecule has 0 spiro atoms. The van der Waals surface area contributed by atoms with Gasteiger partial charge in [0.2, 0.25) is 0 Å². The lowest BCUT2D eigenvalue weighted by Crippen LogP contribution is -2.36. The lowest BCUT2D eigenvalue weighted by Gasteiger charge is -2.28. The number of aryl methyl sites for hydroxylation is 1. The minimum atomic E-state index is 0.0233. The van der Waals surface area contributed by atoms with Gasteiger partial charge in [0.05, 0.1) is 0 Å². The van der Waals surface area contributed by atoms with Crippen LogP contribution in [0.1, 0.15) is 61.3 Å². The maximum absolute atomic E-state index is 12.6. The van der Waals surface area contributed by atoms with Crippen LogP contribution in [0.4, 0.5) is 0 Å². The summed E-state index contributed by atoms with van der Waals surface area (Å²) in [7, 11) is 1.96. The molecule has 1 fully saturated rings. The molecule has 0 unspecified atom stereocenters. The third-order valence-electron chi connectivity index (χ3n) is 4.85. The van der Waals surface area contributed by atoms with Crippen molar-refractivity contribution in [1.82, 2.24) is 20.0 Å². The highest BCUT2D eigenvalue weighted by Crippen LogP contribution is 2.24. The molecule has 0 atom stereocenters. The highest BCUT2D eigenvalue weighted by atomic mass is 16.2. The SMILES string of the molecule is CC(C)CN1CCc2c(c(C(=O)NC3CCCC3)nn2C)C1. The summed E-state index contributed by atoms with van der Waals surface area (Å²) in [6.07, 6.45) is 5.67. The minimum absolute atomic E-state index is 0.0233. The molecule has 1 aliphatic heterocycles. The molecular formula is C17H28N4O. The Bertz CT molecular complexity index is 543. The largest absolute Gasteiger partial charge is 0.348 e. The molecule has 22 heavy (non-hydrogen) atoms. The summed E-state index contributed by atoms with van der Waals surface area (Å²) in [6, 6.07) is 0.348. The fourth-order valence-electron chi connectivity index (χ4n) is 3.83. The predicted molar refractivity (Wildman–Crippen MR) is 86.7 cm³/mol. The predicted octanol–water partition coefficient (Wildman–Crippen LogP) is 2.11. The zero-order valence-electron chi connectivity index (χ0n) is 14.1. The van der Waals surface area contributed by atoms with Gasteiger partial charge in [0.1, 0.15) is 0 Å². The summed E-state index contributed by atoms with van der Waals surface area (Å²) in [5.74, 6) is 0.670. The number of carbonyl (C=O) groups is 1. The van der Waals surface area contributed by atoms with Crippen molar-refractivity contribution in [3.8, 4) is 0 Å². The van der Waals surface area contributed by atoms with Crippen LogP contribution in [-0.2, 0) is 20.0 Å². The summed E-state index contributed by atoms with van der Waals surface area (Å²) in [4.78, 5) is 15.1. The minimum Gasteiger partial charge on any atom is -0.348 e. The maximum Gasteiger partial charge on any atom is 0.272 e. The number of rotatable bonds is 4. The highest BCUT2D eigenvalue weighted by Gasteiger charge is 2.28. The van der Waals surface area contributed by atoms with Crippen molar-refractivity contribution in [1.29, 1.82) is 0 Å². The van der Waals surface area contributed by atoms with Gasteiger partial charge in [0.25, 0.3) is 5.91 Å². The number of hydrogen-bond acceptors (Lipinski definition) is 3. The molecule has 2 aliphatic rings. The van der Waals surface area contributed by atoms with Gasteiger partial charge in [-0.15, -0.1) is 0 Å². The van der Waals surface area contributed by atoms with Crippen molar-refractivity contribution >= 4 is 5.91 Å². The molecule has 122 valence electrons. The van der Waals surface area contributed by atoms with E-state index in [-0.39, 0.29) is 5.91 Å². The average molecular weight is 304 g/mol. The maximum atomic E-state index is 12.6. The van der Waals surface area contributed by atoms with Crippen LogP contribution >= 0.6 is 0 Å². The van der Waals surface area contributed by atoms with Crippen molar-refractivity contribution in [2.24, 2.45) is 13.0 Å². The number of nitrogens with one attached hydrogen (secondary N) is 1. The average Bonchev–Trinajstić information content (AvgIpc) is 3.06. The van der Waals surface area contributed by atoms with Gasteiger partial charge in [-0.25, -0.2) is 0 Å². The second-order valence-electron chi connectivity index (χ2n) is 7.23. The van der Waals surface area contributed by atoms with Crippen LogP contribution < -0.4 is 5.32 Å². The van der Waals surface area contributed by atoms with Gasteiger partial charge in [-0.1, -0.05) is 26.7 Å². The van der Waals surface area contributed by atoms with Crippen LogP contribution in [0.3, 0.4) is 0 Å². The monoisotopic (exact) mass is 304 g/mol. The lowest BCUT2D eigenvalue weighted by atomic mass is 10.0. The van der Waals surface area contributed by atoms with Gasteiger partial charge < -0.3 is 5.32 Å². The molecule has 1 saturated carbocycles. The van der Waals surface area contributed by atoms with Gasteiger partial charge >= 0.3 is 0 Å². The Labute approximate surface area is 133 Å². The van der Waals surface area contributed by atoms with E-state index in [1.807, 2.05) is 11.7 Å². The summed E-state index contributed by atoms with van der Waals surface area (Å²) in [5.41, 5.74) is 3.03. The van der Waals surface area contributed by atoms with Gasteiger partial charge in [0, 0.05) is 50.4 Å². The Morgan fingerprint density at radius 1 is 1.36 bits per heavy atom. The smallest absolute Gasteiger partial charge is 0.272 e. The third-order valence-corrected chi connectivity index (χ3v) is 4.85. The molecule has 0 radical (unpaired) electrons. The molecule has 0 aromatic carbocycles. The van der Waals surface area contributed by atoms with E-state index in [0.717, 1.165) is 44.5 Å². The van der Waals surface area contributed by atoms with Gasteiger partial charge in [-0.05, 0) is 18.8 Å². The zero-order valence-corrected chi connectivity index (χ0v) is 14.1. The first-order chi connectivity index (χ1) is 10.5. The standard InChI is InChI=1S/C17H28N4O/c1-12(2)10-21-9-8-15-14(11-21)16(19-20(15)3)17(22)18-13-6-4-5-7-13/h12-13H,4-11H2,1-3H3,(H,18,22). The first-order valence-corrected chi connectivity index (χ1v) is 8.62. The van der Waals surface area contributed by atoms with Crippen LogP contribution in [0.2, 0.25) is 0 Å². The normalized spacial score (nSPS) is 19.6. The third kappa shape index (κ3) is 3.19. The molecule has 1 N–H and O–H groups in total. The molecule has 2 heterocycles. The molecule has 1 aromatic rings. The van der Waals surface area contributed by atoms with E-state index < -0.39 is 0 Å². The number of fused-ring (bicyclic) bond motifs is 1. The summed E-state index contributed by atoms with van der Waals surface area (Å²) in [5, 5.41) is 7.71. The van der Waals surface area contributed by atoms with Crippen LogP contribution in [0.15, 0.2) is 0 Å². The first-order valence-electron chi connectivity index (χ1n) is 8.62. The fourth-order valence-corrected chi connectivity index (χ4v) is 3.83. The zero-order chi connectivity index (χ0) is 15.7. The molecule has 1 aromatic heterocycles. The summed E-state index contributed by atoms with van der Waals surface area (Å²) in [6.45, 7) is 7.49. The van der Waals surface area contributed by atoms with E-state index in [4.69, 9.17) is 0 Å². The van der Waals surface area contributed by atoms with E-state index in [9.17, 15) is 4.79 Å². The highest BCUT2D eigenvalue weighted by molar-refractivity contribution is 5.94. The van der Waals surface area contributed by atoms with Crippen molar-refractivity contribution in [3.05, 3.63) is 17.0 Å². The molecule has 0 saturated heterocycles. The lowest BCUT2D eigenvalue weighted by molar-refractivity contribution is 0.0929. The molecule has 5 heteroatoms. The van der Waals surface area contributed by atoms with Crippen LogP contribution in [0.25, 0.3) is 0 Å². The number of aromatic nitrogens is 2. The molecule has 5 nitrogen and oxygen atoms in total. The van der Waals surface area contributed by atoms with Crippen LogP contribution in [0.5, 0.6) is 0 Å². The Balaban J connectivity index is 1.76. The topological polar surface area (TPSA) is 50.2 Å². The summed E-state index contributed by atoms with van der Waals surface area (Å²) >= 11 is 0.